The Morgan fingerprint density at radius 2 is 1.66 bits per heavy atom. The molecule has 44 heavy (non-hydrogen) atoms. The average Bonchev–Trinajstić information content (AvgIpc) is 3.52. The van der Waals surface area contributed by atoms with Crippen LogP contribution in [-0.2, 0) is 23.8 Å². The Hall–Kier alpha value is -1.22. The molecule has 2 saturated heterocycles. The molecule has 3 N–H and O–H groups in total. The van der Waals surface area contributed by atoms with Crippen LogP contribution >= 0.6 is 0 Å². The van der Waals surface area contributed by atoms with Gasteiger partial charge in [-0.3, -0.25) is 9.59 Å². The van der Waals surface area contributed by atoms with Gasteiger partial charge in [0.25, 0.3) is 0 Å². The van der Waals surface area contributed by atoms with Crippen LogP contribution in [0.4, 0.5) is 0 Å². The van der Waals surface area contributed by atoms with E-state index < -0.39 is 29.9 Å². The zero-order valence-electron chi connectivity index (χ0n) is 28.3. The number of carbonyl (C=O) groups is 2. The number of rotatable bonds is 5. The quantitative estimate of drug-likeness (QED) is 0.384. The van der Waals surface area contributed by atoms with Crippen LogP contribution in [0.25, 0.3) is 0 Å². The van der Waals surface area contributed by atoms with E-state index in [4.69, 9.17) is 14.2 Å². The molecule has 2 heterocycles. The van der Waals surface area contributed by atoms with Crippen molar-refractivity contribution in [2.75, 3.05) is 13.1 Å². The lowest BCUT2D eigenvalue weighted by Gasteiger charge is -2.63. The first-order valence-electron chi connectivity index (χ1n) is 17.6. The summed E-state index contributed by atoms with van der Waals surface area (Å²) in [4.78, 5) is 24.9. The fourth-order valence-corrected chi connectivity index (χ4v) is 13.3. The minimum Gasteiger partial charge on any atom is -0.462 e. The van der Waals surface area contributed by atoms with Crippen molar-refractivity contribution in [2.24, 2.45) is 56.7 Å². The van der Waals surface area contributed by atoms with Gasteiger partial charge in [-0.1, -0.05) is 34.6 Å². The lowest BCUT2D eigenvalue weighted by atomic mass is 9.41. The van der Waals surface area contributed by atoms with E-state index in [0.717, 1.165) is 45.2 Å². The molecule has 8 heteroatoms. The van der Waals surface area contributed by atoms with Gasteiger partial charge in [-0.2, -0.15) is 0 Å². The highest BCUT2D eigenvalue weighted by molar-refractivity contribution is 5.74. The molecule has 7 fully saturated rings. The Bertz CT molecular complexity index is 1210. The van der Waals surface area contributed by atoms with Crippen molar-refractivity contribution in [1.82, 2.24) is 5.32 Å². The molecule has 0 aromatic heterocycles. The average molecular weight is 616 g/mol. The minimum absolute atomic E-state index is 0.00464. The number of hydrogen-bond donors (Lipinski definition) is 3. The van der Waals surface area contributed by atoms with Crippen LogP contribution in [0, 0.1) is 56.7 Å². The molecule has 0 bridgehead atoms. The van der Waals surface area contributed by atoms with Gasteiger partial charge in [0.05, 0.1) is 29.8 Å². The van der Waals surface area contributed by atoms with Crippen molar-refractivity contribution < 1.29 is 34.0 Å². The molecule has 2 aliphatic heterocycles. The smallest absolute Gasteiger partial charge is 0.311 e. The van der Waals surface area contributed by atoms with Crippen LogP contribution in [-0.4, -0.2) is 71.4 Å². The largest absolute Gasteiger partial charge is 0.462 e. The maximum absolute atomic E-state index is 12.9. The van der Waals surface area contributed by atoms with E-state index in [1.807, 2.05) is 0 Å². The molecular weight excluding hydrogens is 558 g/mol. The van der Waals surface area contributed by atoms with Gasteiger partial charge in [0, 0.05) is 30.8 Å². The molecule has 248 valence electrons. The predicted octanol–water partition coefficient (Wildman–Crippen LogP) is 4.63. The summed E-state index contributed by atoms with van der Waals surface area (Å²) in [7, 11) is 0. The van der Waals surface area contributed by atoms with Gasteiger partial charge < -0.3 is 29.7 Å². The second-order valence-corrected chi connectivity index (χ2v) is 18.0. The summed E-state index contributed by atoms with van der Waals surface area (Å²) in [6.07, 6.45) is 6.16. The lowest BCUT2D eigenvalue weighted by Crippen LogP contribution is -2.60. The van der Waals surface area contributed by atoms with E-state index in [2.05, 4.69) is 39.9 Å². The second-order valence-electron chi connectivity index (χ2n) is 18.0. The SMILES string of the molecule is CC(=O)O[C@@H](C1C[C@@H](C)[C@H]2C(O1)[C@H](O)[C@@]1(C)C3CC[C@H]4C(C)(C)[C@@H](OC(=O)C5CNC5)CC[C@@]45C[C@@]35CC[C@]21C)C(C)(C)O. The van der Waals surface area contributed by atoms with Gasteiger partial charge in [-0.15, -0.1) is 0 Å². The first kappa shape index (κ1) is 31.4. The van der Waals surface area contributed by atoms with Gasteiger partial charge in [-0.05, 0) is 105 Å². The van der Waals surface area contributed by atoms with Crippen LogP contribution < -0.4 is 5.32 Å². The third-order valence-corrected chi connectivity index (χ3v) is 15.5. The van der Waals surface area contributed by atoms with Crippen molar-refractivity contribution in [1.29, 1.82) is 0 Å². The molecule has 0 radical (unpaired) electrons. The van der Waals surface area contributed by atoms with E-state index in [9.17, 15) is 19.8 Å². The summed E-state index contributed by atoms with van der Waals surface area (Å²) >= 11 is 0. The van der Waals surface area contributed by atoms with Crippen LogP contribution in [0.3, 0.4) is 0 Å². The molecule has 5 saturated carbocycles. The monoisotopic (exact) mass is 615 g/mol. The molecule has 3 unspecified atom stereocenters. The Morgan fingerprint density at radius 3 is 2.27 bits per heavy atom. The van der Waals surface area contributed by atoms with Crippen LogP contribution in [0.1, 0.15) is 107 Å². The standard InChI is InChI=1S/C36H57NO7/c1-19-15-22(29(32(5,6)41)42-20(2)38)43-27-26(19)33(7)13-14-36-18-35(36)12-11-25(44-30(40)21-16-37-17-21)31(3,4)23(35)9-10-24(36)34(33,8)28(27)39/h19,21-29,37,39,41H,9-18H2,1-8H3/t19-,22?,23+,24?,25+,26+,27?,28+,29+,33-,34-,35-,36+/m1/s1. The molecule has 0 aromatic carbocycles. The molecular formula is C36H57NO7. The van der Waals surface area contributed by atoms with Gasteiger partial charge >= 0.3 is 11.9 Å². The third-order valence-electron chi connectivity index (χ3n) is 15.5. The molecule has 8 nitrogen and oxygen atoms in total. The van der Waals surface area contributed by atoms with Crippen molar-refractivity contribution in [3.8, 4) is 0 Å². The number of aliphatic hydroxyl groups is 2. The van der Waals surface area contributed by atoms with E-state index in [1.54, 1.807) is 13.8 Å². The first-order chi connectivity index (χ1) is 20.4. The molecule has 7 rings (SSSR count). The van der Waals surface area contributed by atoms with Crippen LogP contribution in [0.15, 0.2) is 0 Å². The highest BCUT2D eigenvalue weighted by Gasteiger charge is 2.84. The van der Waals surface area contributed by atoms with Crippen molar-refractivity contribution in [2.45, 2.75) is 143 Å². The minimum atomic E-state index is -1.26. The highest BCUT2D eigenvalue weighted by atomic mass is 16.6. The number of esters is 2. The van der Waals surface area contributed by atoms with E-state index in [1.165, 1.54) is 19.8 Å². The summed E-state index contributed by atoms with van der Waals surface area (Å²) < 4.78 is 18.7. The van der Waals surface area contributed by atoms with Gasteiger partial charge in [-0.25, -0.2) is 0 Å². The lowest BCUT2D eigenvalue weighted by molar-refractivity contribution is -0.216. The van der Waals surface area contributed by atoms with Gasteiger partial charge in [0.15, 0.2) is 6.10 Å². The summed E-state index contributed by atoms with van der Waals surface area (Å²) in [5.41, 5.74) is -1.22. The Kier molecular flexibility index (Phi) is 6.89. The molecule has 13 atom stereocenters. The summed E-state index contributed by atoms with van der Waals surface area (Å²) in [5, 5.41) is 26.7. The second kappa shape index (κ2) is 9.67. The third kappa shape index (κ3) is 3.89. The van der Waals surface area contributed by atoms with E-state index in [0.29, 0.717) is 18.3 Å². The topological polar surface area (TPSA) is 114 Å². The van der Waals surface area contributed by atoms with Gasteiger partial charge in [0.2, 0.25) is 0 Å². The Balaban J connectivity index is 1.16. The van der Waals surface area contributed by atoms with Crippen molar-refractivity contribution in [3.05, 3.63) is 0 Å². The van der Waals surface area contributed by atoms with Crippen molar-refractivity contribution >= 4 is 11.9 Å². The Morgan fingerprint density at radius 1 is 1.00 bits per heavy atom. The normalized spacial score (nSPS) is 51.3. The van der Waals surface area contributed by atoms with Crippen LogP contribution in [0.2, 0.25) is 0 Å². The van der Waals surface area contributed by atoms with Crippen LogP contribution in [0.5, 0.6) is 0 Å². The van der Waals surface area contributed by atoms with E-state index in [-0.39, 0.29) is 63.0 Å². The predicted molar refractivity (Wildman–Crippen MR) is 164 cm³/mol. The number of ether oxygens (including phenoxy) is 3. The van der Waals surface area contributed by atoms with Crippen molar-refractivity contribution in [3.63, 3.8) is 0 Å². The molecule has 5 aliphatic carbocycles. The molecule has 0 aromatic rings. The van der Waals surface area contributed by atoms with Gasteiger partial charge in [0.1, 0.15) is 6.10 Å². The maximum atomic E-state index is 12.9. The van der Waals surface area contributed by atoms with E-state index >= 15 is 0 Å². The number of carbonyl (C=O) groups excluding carboxylic acids is 2. The fraction of sp³-hybridized carbons (Fsp3) is 0.944. The number of fused-ring (bicyclic) bond motifs is 4. The summed E-state index contributed by atoms with van der Waals surface area (Å²) in [6.45, 7) is 18.0. The first-order valence-corrected chi connectivity index (χ1v) is 17.6. The summed E-state index contributed by atoms with van der Waals surface area (Å²) in [6, 6.07) is 0. The number of nitrogens with one attached hydrogen (secondary N) is 1. The zero-order valence-corrected chi connectivity index (χ0v) is 28.3. The maximum Gasteiger partial charge on any atom is 0.311 e. The molecule has 0 amide bonds. The zero-order chi connectivity index (χ0) is 31.8. The summed E-state index contributed by atoms with van der Waals surface area (Å²) in [5.74, 6) is 0.939. The fourth-order valence-electron chi connectivity index (χ4n) is 13.3. The molecule has 7 aliphatic rings. The number of aliphatic hydroxyl groups excluding tert-OH is 1. The number of hydrogen-bond acceptors (Lipinski definition) is 8. The molecule has 2 spiro atoms. The highest BCUT2D eigenvalue weighted by Crippen LogP contribution is 2.89. The Labute approximate surface area is 263 Å².